The average Bonchev–Trinajstić information content (AvgIpc) is 2.48. The Morgan fingerprint density at radius 3 is 2.43 bits per heavy atom. The molecule has 0 unspecified atom stereocenters. The zero-order valence-corrected chi connectivity index (χ0v) is 13.0. The Balaban J connectivity index is 2.04. The average molecular weight is 326 g/mol. The number of ether oxygens (including phenoxy) is 1. The Morgan fingerprint density at radius 1 is 1.00 bits per heavy atom. The number of aliphatic hydroxyl groups excluding tert-OH is 1. The smallest absolute Gasteiger partial charge is 0.0762 e. The SMILES string of the molecule is OCCOCCc1cccc(Nc2c(Cl)cccc2Cl)c1. The fourth-order valence-corrected chi connectivity index (χ4v) is 2.41. The highest BCUT2D eigenvalue weighted by Gasteiger charge is 2.05. The standard InChI is InChI=1S/C16H17Cl2NO2/c17-14-5-2-6-15(18)16(14)19-13-4-1-3-12(11-13)7-9-21-10-8-20/h1-6,11,19-20H,7-10H2. The summed E-state index contributed by atoms with van der Waals surface area (Å²) in [4.78, 5) is 0. The van der Waals surface area contributed by atoms with Gasteiger partial charge in [-0.2, -0.15) is 0 Å². The van der Waals surface area contributed by atoms with Crippen LogP contribution in [0, 0.1) is 0 Å². The third-order valence-electron chi connectivity index (χ3n) is 2.93. The van der Waals surface area contributed by atoms with Crippen LogP contribution in [0.1, 0.15) is 5.56 Å². The van der Waals surface area contributed by atoms with Crippen molar-refractivity contribution in [2.45, 2.75) is 6.42 Å². The molecule has 0 saturated heterocycles. The van der Waals surface area contributed by atoms with Crippen molar-refractivity contribution in [3.05, 3.63) is 58.1 Å². The van der Waals surface area contributed by atoms with Gasteiger partial charge in [0.1, 0.15) is 0 Å². The minimum Gasteiger partial charge on any atom is -0.394 e. The van der Waals surface area contributed by atoms with Crippen LogP contribution in [0.4, 0.5) is 11.4 Å². The summed E-state index contributed by atoms with van der Waals surface area (Å²) < 4.78 is 5.27. The topological polar surface area (TPSA) is 41.5 Å². The Bertz CT molecular complexity index is 570. The van der Waals surface area contributed by atoms with E-state index in [4.69, 9.17) is 33.0 Å². The summed E-state index contributed by atoms with van der Waals surface area (Å²) >= 11 is 12.3. The second kappa shape index (κ2) is 8.25. The zero-order chi connectivity index (χ0) is 15.1. The van der Waals surface area contributed by atoms with Crippen LogP contribution in [0.2, 0.25) is 10.0 Å². The molecule has 21 heavy (non-hydrogen) atoms. The first-order chi connectivity index (χ1) is 10.2. The number of nitrogens with one attached hydrogen (secondary N) is 1. The second-order valence-electron chi connectivity index (χ2n) is 4.51. The maximum atomic E-state index is 8.66. The zero-order valence-electron chi connectivity index (χ0n) is 11.5. The van der Waals surface area contributed by atoms with Crippen molar-refractivity contribution in [1.82, 2.24) is 0 Å². The van der Waals surface area contributed by atoms with E-state index in [-0.39, 0.29) is 6.61 Å². The van der Waals surface area contributed by atoms with Crippen LogP contribution >= 0.6 is 23.2 Å². The summed E-state index contributed by atoms with van der Waals surface area (Å²) in [6, 6.07) is 13.4. The molecule has 112 valence electrons. The highest BCUT2D eigenvalue weighted by atomic mass is 35.5. The van der Waals surface area contributed by atoms with Gasteiger partial charge in [0.05, 0.1) is 35.6 Å². The number of para-hydroxylation sites is 1. The number of hydrogen-bond acceptors (Lipinski definition) is 3. The van der Waals surface area contributed by atoms with Gasteiger partial charge in [0, 0.05) is 5.69 Å². The number of benzene rings is 2. The minimum atomic E-state index is 0.0482. The molecule has 3 nitrogen and oxygen atoms in total. The highest BCUT2D eigenvalue weighted by molar-refractivity contribution is 6.39. The normalized spacial score (nSPS) is 10.6. The van der Waals surface area contributed by atoms with Crippen LogP contribution in [-0.4, -0.2) is 24.9 Å². The first-order valence-electron chi connectivity index (χ1n) is 6.69. The molecule has 0 aromatic heterocycles. The lowest BCUT2D eigenvalue weighted by Gasteiger charge is -2.11. The van der Waals surface area contributed by atoms with E-state index in [0.717, 1.165) is 17.7 Å². The predicted molar refractivity (Wildman–Crippen MR) is 87.8 cm³/mol. The van der Waals surface area contributed by atoms with Gasteiger partial charge in [-0.05, 0) is 36.2 Å². The molecule has 2 aromatic carbocycles. The lowest BCUT2D eigenvalue weighted by atomic mass is 10.1. The third-order valence-corrected chi connectivity index (χ3v) is 3.56. The van der Waals surface area contributed by atoms with Crippen LogP contribution in [-0.2, 0) is 11.2 Å². The molecule has 0 spiro atoms. The van der Waals surface area contributed by atoms with E-state index in [1.165, 1.54) is 0 Å². The minimum absolute atomic E-state index is 0.0482. The second-order valence-corrected chi connectivity index (χ2v) is 5.32. The molecule has 0 fully saturated rings. The van der Waals surface area contributed by atoms with E-state index in [0.29, 0.717) is 28.9 Å². The van der Waals surface area contributed by atoms with Crippen LogP contribution in [0.5, 0.6) is 0 Å². The lowest BCUT2D eigenvalue weighted by Crippen LogP contribution is -2.03. The predicted octanol–water partition coefficient (Wildman–Crippen LogP) is 4.29. The van der Waals surface area contributed by atoms with Crippen LogP contribution in [0.15, 0.2) is 42.5 Å². The molecule has 2 aromatic rings. The summed E-state index contributed by atoms with van der Waals surface area (Å²) in [7, 11) is 0. The van der Waals surface area contributed by atoms with E-state index in [1.807, 2.05) is 30.3 Å². The van der Waals surface area contributed by atoms with Gasteiger partial charge < -0.3 is 15.2 Å². The van der Waals surface area contributed by atoms with Gasteiger partial charge >= 0.3 is 0 Å². The number of hydrogen-bond donors (Lipinski definition) is 2. The van der Waals surface area contributed by atoms with E-state index < -0.39 is 0 Å². The maximum Gasteiger partial charge on any atom is 0.0762 e. The van der Waals surface area contributed by atoms with Crippen molar-refractivity contribution in [3.63, 3.8) is 0 Å². The molecule has 0 heterocycles. The van der Waals surface area contributed by atoms with Crippen molar-refractivity contribution in [3.8, 4) is 0 Å². The Labute approximate surface area is 134 Å². The Morgan fingerprint density at radius 2 is 1.71 bits per heavy atom. The number of halogens is 2. The molecule has 0 bridgehead atoms. The lowest BCUT2D eigenvalue weighted by molar-refractivity contribution is 0.0944. The number of aliphatic hydroxyl groups is 1. The summed E-state index contributed by atoms with van der Waals surface area (Å²) in [5.74, 6) is 0. The van der Waals surface area contributed by atoms with Crippen LogP contribution in [0.25, 0.3) is 0 Å². The van der Waals surface area contributed by atoms with Gasteiger partial charge in [-0.3, -0.25) is 0 Å². The first-order valence-corrected chi connectivity index (χ1v) is 7.45. The third kappa shape index (κ3) is 4.90. The fraction of sp³-hybridized carbons (Fsp3) is 0.250. The molecule has 2 N–H and O–H groups in total. The molecule has 0 saturated carbocycles. The van der Waals surface area contributed by atoms with Crippen molar-refractivity contribution >= 4 is 34.6 Å². The van der Waals surface area contributed by atoms with Crippen molar-refractivity contribution < 1.29 is 9.84 Å². The Hall–Kier alpha value is -1.26. The molecule has 0 amide bonds. The molecule has 5 heteroatoms. The van der Waals surface area contributed by atoms with Crippen molar-refractivity contribution in [2.24, 2.45) is 0 Å². The highest BCUT2D eigenvalue weighted by Crippen LogP contribution is 2.32. The molecular formula is C16H17Cl2NO2. The number of rotatable bonds is 7. The largest absolute Gasteiger partial charge is 0.394 e. The van der Waals surface area contributed by atoms with Gasteiger partial charge in [-0.1, -0.05) is 41.4 Å². The molecular weight excluding hydrogens is 309 g/mol. The van der Waals surface area contributed by atoms with E-state index >= 15 is 0 Å². The quantitative estimate of drug-likeness (QED) is 0.746. The molecule has 0 aliphatic carbocycles. The van der Waals surface area contributed by atoms with Gasteiger partial charge in [0.2, 0.25) is 0 Å². The molecule has 0 atom stereocenters. The van der Waals surface area contributed by atoms with E-state index in [1.54, 1.807) is 12.1 Å². The summed E-state index contributed by atoms with van der Waals surface area (Å²) in [5, 5.41) is 13.1. The molecule has 0 aliphatic rings. The summed E-state index contributed by atoms with van der Waals surface area (Å²) in [6.45, 7) is 0.997. The summed E-state index contributed by atoms with van der Waals surface area (Å²) in [5.41, 5.74) is 2.76. The molecule has 2 rings (SSSR count). The maximum absolute atomic E-state index is 8.66. The molecule has 0 aliphatic heterocycles. The van der Waals surface area contributed by atoms with Gasteiger partial charge in [0.25, 0.3) is 0 Å². The van der Waals surface area contributed by atoms with Crippen LogP contribution in [0.3, 0.4) is 0 Å². The molecule has 0 radical (unpaired) electrons. The van der Waals surface area contributed by atoms with E-state index in [2.05, 4.69) is 5.32 Å². The fourth-order valence-electron chi connectivity index (χ4n) is 1.92. The first kappa shape index (κ1) is 16.1. The Kier molecular flexibility index (Phi) is 6.33. The van der Waals surface area contributed by atoms with E-state index in [9.17, 15) is 0 Å². The van der Waals surface area contributed by atoms with Crippen LogP contribution < -0.4 is 5.32 Å². The van der Waals surface area contributed by atoms with Gasteiger partial charge in [-0.25, -0.2) is 0 Å². The van der Waals surface area contributed by atoms with Crippen molar-refractivity contribution in [2.75, 3.05) is 25.1 Å². The monoisotopic (exact) mass is 325 g/mol. The summed E-state index contributed by atoms with van der Waals surface area (Å²) in [6.07, 6.45) is 0.784. The number of anilines is 2. The van der Waals surface area contributed by atoms with Gasteiger partial charge in [-0.15, -0.1) is 0 Å². The van der Waals surface area contributed by atoms with Crippen molar-refractivity contribution in [1.29, 1.82) is 0 Å². The van der Waals surface area contributed by atoms with Gasteiger partial charge in [0.15, 0.2) is 0 Å².